The smallest absolute Gasteiger partial charge is 0.395 e. The van der Waals surface area contributed by atoms with Crippen molar-refractivity contribution in [3.63, 3.8) is 0 Å². The van der Waals surface area contributed by atoms with Crippen LogP contribution < -0.4 is 0 Å². The topological polar surface area (TPSA) is 72.2 Å². The van der Waals surface area contributed by atoms with E-state index in [0.717, 1.165) is 11.6 Å². The second kappa shape index (κ2) is 7.40. The van der Waals surface area contributed by atoms with Gasteiger partial charge in [0.1, 0.15) is 0 Å². The molecular formula is C19H17F3N2O3S. The molecule has 0 bridgehead atoms. The van der Waals surface area contributed by atoms with E-state index in [1.807, 2.05) is 13.0 Å². The van der Waals surface area contributed by atoms with Gasteiger partial charge in [-0.1, -0.05) is 24.3 Å². The van der Waals surface area contributed by atoms with Gasteiger partial charge in [0.2, 0.25) is 0 Å². The number of alkyl halides is 3. The molecule has 0 spiro atoms. The maximum absolute atomic E-state index is 13.2. The second-order valence-electron chi connectivity index (χ2n) is 6.23. The van der Waals surface area contributed by atoms with Gasteiger partial charge in [0.15, 0.2) is 15.5 Å². The summed E-state index contributed by atoms with van der Waals surface area (Å²) in [5, 5.41) is 12.6. The fourth-order valence-corrected chi connectivity index (χ4v) is 3.78. The van der Waals surface area contributed by atoms with Gasteiger partial charge < -0.3 is 5.11 Å². The van der Waals surface area contributed by atoms with Gasteiger partial charge in [-0.05, 0) is 42.8 Å². The number of aliphatic hydroxyl groups excluding tert-OH is 1. The number of benzene rings is 2. The Kier molecular flexibility index (Phi) is 5.31. The lowest BCUT2D eigenvalue weighted by atomic mass is 10.1. The van der Waals surface area contributed by atoms with Crippen molar-refractivity contribution < 1.29 is 26.7 Å². The zero-order valence-corrected chi connectivity index (χ0v) is 15.6. The Morgan fingerprint density at radius 3 is 2.32 bits per heavy atom. The molecule has 0 amide bonds. The number of halogens is 3. The van der Waals surface area contributed by atoms with Crippen molar-refractivity contribution in [1.29, 1.82) is 0 Å². The van der Waals surface area contributed by atoms with E-state index in [1.54, 1.807) is 18.2 Å². The number of nitrogens with zero attached hydrogens (tertiary/aromatic N) is 2. The van der Waals surface area contributed by atoms with Crippen molar-refractivity contribution in [2.24, 2.45) is 0 Å². The molecule has 9 heteroatoms. The molecule has 0 unspecified atom stereocenters. The van der Waals surface area contributed by atoms with Gasteiger partial charge in [0.25, 0.3) is 0 Å². The van der Waals surface area contributed by atoms with Gasteiger partial charge in [-0.25, -0.2) is 13.1 Å². The van der Waals surface area contributed by atoms with E-state index in [0.29, 0.717) is 11.3 Å². The number of aryl methyl sites for hydroxylation is 1. The van der Waals surface area contributed by atoms with Crippen LogP contribution in [0.2, 0.25) is 0 Å². The van der Waals surface area contributed by atoms with E-state index in [9.17, 15) is 21.6 Å². The molecule has 0 aliphatic carbocycles. The number of sulfone groups is 1. The Hall–Kier alpha value is -2.65. The quantitative estimate of drug-likeness (QED) is 0.697. The van der Waals surface area contributed by atoms with Crippen LogP contribution in [0.5, 0.6) is 0 Å². The van der Waals surface area contributed by atoms with Crippen molar-refractivity contribution in [3.05, 3.63) is 65.9 Å². The third kappa shape index (κ3) is 4.10. The number of rotatable bonds is 5. The van der Waals surface area contributed by atoms with Crippen LogP contribution in [0.3, 0.4) is 0 Å². The predicted octanol–water partition coefficient (Wildman–Crippen LogP) is 3.63. The summed E-state index contributed by atoms with van der Waals surface area (Å²) in [4.78, 5) is -0.0111. The van der Waals surface area contributed by atoms with Crippen molar-refractivity contribution in [2.45, 2.75) is 18.0 Å². The normalized spacial score (nSPS) is 12.3. The van der Waals surface area contributed by atoms with Crippen LogP contribution in [-0.2, 0) is 16.0 Å². The van der Waals surface area contributed by atoms with Crippen molar-refractivity contribution in [1.82, 2.24) is 9.78 Å². The van der Waals surface area contributed by atoms with Crippen LogP contribution in [0.25, 0.3) is 16.9 Å². The Labute approximate surface area is 160 Å². The summed E-state index contributed by atoms with van der Waals surface area (Å²) in [7, 11) is -3.65. The average Bonchev–Trinajstić information content (AvgIpc) is 3.07. The predicted molar refractivity (Wildman–Crippen MR) is 97.9 cm³/mol. The van der Waals surface area contributed by atoms with Crippen molar-refractivity contribution in [2.75, 3.05) is 12.4 Å². The molecule has 0 radical (unpaired) electrons. The fraction of sp³-hybridized carbons (Fsp3) is 0.211. The summed E-state index contributed by atoms with van der Waals surface area (Å²) < 4.78 is 64.9. The first kappa shape index (κ1) is 20.1. The molecule has 0 saturated heterocycles. The van der Waals surface area contributed by atoms with Gasteiger partial charge >= 0.3 is 6.18 Å². The first-order valence-corrected chi connectivity index (χ1v) is 9.95. The van der Waals surface area contributed by atoms with Crippen LogP contribution >= 0.6 is 0 Å². The lowest BCUT2D eigenvalue weighted by Gasteiger charge is -2.09. The van der Waals surface area contributed by atoms with Gasteiger partial charge in [-0.3, -0.25) is 0 Å². The van der Waals surface area contributed by atoms with Crippen LogP contribution in [0, 0.1) is 6.92 Å². The molecule has 3 aromatic rings. The average molecular weight is 410 g/mol. The minimum absolute atomic E-state index is 0.0111. The van der Waals surface area contributed by atoms with Gasteiger partial charge in [-0.2, -0.15) is 18.3 Å². The second-order valence-corrected chi connectivity index (χ2v) is 8.34. The number of aliphatic hydroxyl groups is 1. The lowest BCUT2D eigenvalue weighted by Crippen LogP contribution is -2.09. The number of aromatic nitrogens is 2. The summed E-state index contributed by atoms with van der Waals surface area (Å²) in [6.07, 6.45) is -4.62. The molecule has 28 heavy (non-hydrogen) atoms. The molecule has 0 aliphatic rings. The van der Waals surface area contributed by atoms with E-state index in [4.69, 9.17) is 5.11 Å². The molecule has 1 heterocycles. The van der Waals surface area contributed by atoms with Gasteiger partial charge in [0, 0.05) is 5.56 Å². The summed E-state index contributed by atoms with van der Waals surface area (Å²) >= 11 is 0. The van der Waals surface area contributed by atoms with Crippen LogP contribution in [0.15, 0.2) is 59.5 Å². The zero-order valence-electron chi connectivity index (χ0n) is 14.8. The summed E-state index contributed by atoms with van der Waals surface area (Å²) in [6.45, 7) is 1.30. The molecule has 0 fully saturated rings. The first-order chi connectivity index (χ1) is 13.1. The van der Waals surface area contributed by atoms with E-state index < -0.39 is 34.1 Å². The molecular weight excluding hydrogens is 393 g/mol. The van der Waals surface area contributed by atoms with Gasteiger partial charge in [0.05, 0.1) is 28.6 Å². The Balaban J connectivity index is 2.12. The molecule has 0 saturated carbocycles. The third-order valence-corrected chi connectivity index (χ3v) is 5.83. The SMILES string of the molecule is Cc1cccc(-n2nc(C(F)(F)F)cc2-c2ccc(S(=O)(=O)CCO)cc2)c1. The summed E-state index contributed by atoms with van der Waals surface area (Å²) in [6, 6.07) is 13.3. The minimum atomic E-state index is -4.62. The highest BCUT2D eigenvalue weighted by molar-refractivity contribution is 7.91. The van der Waals surface area contributed by atoms with E-state index >= 15 is 0 Å². The Bertz CT molecular complexity index is 1090. The highest BCUT2D eigenvalue weighted by Crippen LogP contribution is 2.33. The highest BCUT2D eigenvalue weighted by Gasteiger charge is 2.35. The fourth-order valence-electron chi connectivity index (χ4n) is 2.75. The molecule has 3 rings (SSSR count). The standard InChI is InChI=1S/C19H17F3N2O3S/c1-13-3-2-4-15(11-13)24-17(12-18(23-24)19(20,21)22)14-5-7-16(8-6-14)28(26,27)10-9-25/h2-8,11-12,25H,9-10H2,1H3. The third-order valence-electron chi connectivity index (χ3n) is 4.12. The maximum atomic E-state index is 13.2. The minimum Gasteiger partial charge on any atom is -0.395 e. The summed E-state index contributed by atoms with van der Waals surface area (Å²) in [5.74, 6) is -0.425. The summed E-state index contributed by atoms with van der Waals surface area (Å²) in [5.41, 5.74) is 0.845. The van der Waals surface area contributed by atoms with E-state index in [2.05, 4.69) is 5.10 Å². The Morgan fingerprint density at radius 1 is 1.07 bits per heavy atom. The molecule has 2 aromatic carbocycles. The number of hydrogen-bond donors (Lipinski definition) is 1. The van der Waals surface area contributed by atoms with E-state index in [1.165, 1.54) is 28.9 Å². The molecule has 0 aliphatic heterocycles. The molecule has 1 aromatic heterocycles. The van der Waals surface area contributed by atoms with E-state index in [-0.39, 0.29) is 10.6 Å². The molecule has 1 N–H and O–H groups in total. The lowest BCUT2D eigenvalue weighted by molar-refractivity contribution is -0.141. The van der Waals surface area contributed by atoms with Crippen LogP contribution in [0.4, 0.5) is 13.2 Å². The van der Waals surface area contributed by atoms with Crippen molar-refractivity contribution in [3.8, 4) is 16.9 Å². The Morgan fingerprint density at radius 2 is 1.75 bits per heavy atom. The monoisotopic (exact) mass is 410 g/mol. The largest absolute Gasteiger partial charge is 0.435 e. The highest BCUT2D eigenvalue weighted by atomic mass is 32.2. The molecule has 0 atom stereocenters. The molecule has 5 nitrogen and oxygen atoms in total. The van der Waals surface area contributed by atoms with Crippen molar-refractivity contribution >= 4 is 9.84 Å². The maximum Gasteiger partial charge on any atom is 0.435 e. The molecule has 148 valence electrons. The first-order valence-electron chi connectivity index (χ1n) is 8.30. The number of hydrogen-bond acceptors (Lipinski definition) is 4. The zero-order chi connectivity index (χ0) is 20.5. The van der Waals surface area contributed by atoms with Crippen LogP contribution in [-0.4, -0.2) is 35.7 Å². The van der Waals surface area contributed by atoms with Gasteiger partial charge in [-0.15, -0.1) is 0 Å². The van der Waals surface area contributed by atoms with Crippen LogP contribution in [0.1, 0.15) is 11.3 Å².